The van der Waals surface area contributed by atoms with Gasteiger partial charge in [-0.25, -0.2) is 0 Å². The maximum absolute atomic E-state index is 3.56. The van der Waals surface area contributed by atoms with Crippen LogP contribution in [0.4, 0.5) is 0 Å². The molecule has 0 aromatic rings. The van der Waals surface area contributed by atoms with E-state index in [-0.39, 0.29) is 0 Å². The van der Waals surface area contributed by atoms with E-state index in [0.29, 0.717) is 0 Å². The molecular formula is C11H22N2. The Morgan fingerprint density at radius 3 is 2.69 bits per heavy atom. The highest BCUT2D eigenvalue weighted by Gasteiger charge is 2.30. The molecule has 0 spiro atoms. The molecule has 2 nitrogen and oxygen atoms in total. The SMILES string of the molecule is CC(C)C1CN(CC2CCCN2)C1. The Morgan fingerprint density at radius 2 is 2.15 bits per heavy atom. The molecule has 1 atom stereocenters. The van der Waals surface area contributed by atoms with E-state index in [1.54, 1.807) is 0 Å². The third-order valence-electron chi connectivity index (χ3n) is 3.57. The molecule has 2 aliphatic heterocycles. The van der Waals surface area contributed by atoms with Crippen molar-refractivity contribution in [1.29, 1.82) is 0 Å². The van der Waals surface area contributed by atoms with Crippen molar-refractivity contribution in [3.63, 3.8) is 0 Å². The summed E-state index contributed by atoms with van der Waals surface area (Å²) < 4.78 is 0. The summed E-state index contributed by atoms with van der Waals surface area (Å²) in [6.07, 6.45) is 2.77. The lowest BCUT2D eigenvalue weighted by atomic mass is 9.88. The predicted octanol–water partition coefficient (Wildman–Crippen LogP) is 1.33. The van der Waals surface area contributed by atoms with Crippen LogP contribution >= 0.6 is 0 Å². The summed E-state index contributed by atoms with van der Waals surface area (Å²) in [5.41, 5.74) is 0. The highest BCUT2D eigenvalue weighted by atomic mass is 15.2. The van der Waals surface area contributed by atoms with Crippen LogP contribution in [-0.4, -0.2) is 37.1 Å². The summed E-state index contributed by atoms with van der Waals surface area (Å²) in [4.78, 5) is 2.60. The van der Waals surface area contributed by atoms with Crippen molar-refractivity contribution >= 4 is 0 Å². The van der Waals surface area contributed by atoms with Gasteiger partial charge in [-0.15, -0.1) is 0 Å². The molecule has 0 radical (unpaired) electrons. The molecule has 2 fully saturated rings. The van der Waals surface area contributed by atoms with Gasteiger partial charge < -0.3 is 10.2 Å². The lowest BCUT2D eigenvalue weighted by molar-refractivity contribution is 0.0611. The molecule has 2 saturated heterocycles. The summed E-state index contributed by atoms with van der Waals surface area (Å²) >= 11 is 0. The summed E-state index contributed by atoms with van der Waals surface area (Å²) in [5.74, 6) is 1.86. The van der Waals surface area contributed by atoms with Gasteiger partial charge >= 0.3 is 0 Å². The monoisotopic (exact) mass is 182 g/mol. The van der Waals surface area contributed by atoms with Crippen LogP contribution in [0.3, 0.4) is 0 Å². The van der Waals surface area contributed by atoms with Gasteiger partial charge in [0.15, 0.2) is 0 Å². The van der Waals surface area contributed by atoms with Crippen LogP contribution < -0.4 is 5.32 Å². The molecule has 0 amide bonds. The van der Waals surface area contributed by atoms with E-state index < -0.39 is 0 Å². The Kier molecular flexibility index (Phi) is 2.89. The van der Waals surface area contributed by atoms with Gasteiger partial charge in [0.25, 0.3) is 0 Å². The van der Waals surface area contributed by atoms with Crippen LogP contribution in [0.2, 0.25) is 0 Å². The maximum atomic E-state index is 3.56. The van der Waals surface area contributed by atoms with E-state index >= 15 is 0 Å². The smallest absolute Gasteiger partial charge is 0.0195 e. The zero-order chi connectivity index (χ0) is 9.26. The Morgan fingerprint density at radius 1 is 1.38 bits per heavy atom. The zero-order valence-electron chi connectivity index (χ0n) is 8.92. The van der Waals surface area contributed by atoms with Crippen LogP contribution in [0, 0.1) is 11.8 Å². The van der Waals surface area contributed by atoms with Crippen LogP contribution in [0.1, 0.15) is 26.7 Å². The molecule has 76 valence electrons. The first-order valence-corrected chi connectivity index (χ1v) is 5.71. The van der Waals surface area contributed by atoms with Gasteiger partial charge in [-0.3, -0.25) is 0 Å². The molecule has 1 unspecified atom stereocenters. The topological polar surface area (TPSA) is 15.3 Å². The number of hydrogen-bond acceptors (Lipinski definition) is 2. The van der Waals surface area contributed by atoms with Gasteiger partial charge in [-0.05, 0) is 31.2 Å². The number of nitrogens with zero attached hydrogens (tertiary/aromatic N) is 1. The minimum Gasteiger partial charge on any atom is -0.313 e. The summed E-state index contributed by atoms with van der Waals surface area (Å²) in [5, 5.41) is 3.56. The molecule has 2 rings (SSSR count). The third kappa shape index (κ3) is 2.23. The first-order valence-electron chi connectivity index (χ1n) is 5.71. The highest BCUT2D eigenvalue weighted by Crippen LogP contribution is 2.24. The molecule has 1 N–H and O–H groups in total. The summed E-state index contributed by atoms with van der Waals surface area (Å²) in [6.45, 7) is 9.91. The molecule has 0 bridgehead atoms. The fraction of sp³-hybridized carbons (Fsp3) is 1.00. The quantitative estimate of drug-likeness (QED) is 0.708. The molecule has 2 heterocycles. The van der Waals surface area contributed by atoms with Gasteiger partial charge in [0, 0.05) is 25.7 Å². The normalized spacial score (nSPS) is 31.2. The highest BCUT2D eigenvalue weighted by molar-refractivity contribution is 4.86. The van der Waals surface area contributed by atoms with E-state index in [0.717, 1.165) is 17.9 Å². The first-order chi connectivity index (χ1) is 6.25. The van der Waals surface area contributed by atoms with E-state index in [9.17, 15) is 0 Å². The van der Waals surface area contributed by atoms with Crippen molar-refractivity contribution in [2.45, 2.75) is 32.7 Å². The van der Waals surface area contributed by atoms with Crippen molar-refractivity contribution in [3.8, 4) is 0 Å². The molecule has 0 aromatic carbocycles. The fourth-order valence-corrected chi connectivity index (χ4v) is 2.40. The Hall–Kier alpha value is -0.0800. The van der Waals surface area contributed by atoms with E-state index in [1.165, 1.54) is 39.0 Å². The first kappa shape index (κ1) is 9.47. The number of nitrogens with one attached hydrogen (secondary N) is 1. The largest absolute Gasteiger partial charge is 0.313 e. The van der Waals surface area contributed by atoms with Crippen molar-refractivity contribution in [2.24, 2.45) is 11.8 Å². The summed E-state index contributed by atoms with van der Waals surface area (Å²) in [7, 11) is 0. The Bertz CT molecular complexity index is 155. The molecule has 13 heavy (non-hydrogen) atoms. The van der Waals surface area contributed by atoms with Crippen LogP contribution in [0.5, 0.6) is 0 Å². The van der Waals surface area contributed by atoms with E-state index in [2.05, 4.69) is 24.1 Å². The summed E-state index contributed by atoms with van der Waals surface area (Å²) in [6, 6.07) is 0.799. The minimum atomic E-state index is 0.799. The van der Waals surface area contributed by atoms with Gasteiger partial charge in [-0.2, -0.15) is 0 Å². The van der Waals surface area contributed by atoms with Gasteiger partial charge in [-0.1, -0.05) is 13.8 Å². The van der Waals surface area contributed by atoms with E-state index in [1.807, 2.05) is 0 Å². The standard InChI is InChI=1S/C11H22N2/c1-9(2)10-6-13(7-10)8-11-4-3-5-12-11/h9-12H,3-8H2,1-2H3. The maximum Gasteiger partial charge on any atom is 0.0195 e. The number of hydrogen-bond donors (Lipinski definition) is 1. The number of likely N-dealkylation sites (tertiary alicyclic amines) is 1. The lowest BCUT2D eigenvalue weighted by Gasteiger charge is -2.42. The van der Waals surface area contributed by atoms with Crippen molar-refractivity contribution in [1.82, 2.24) is 10.2 Å². The Labute approximate surface area is 81.7 Å². The second kappa shape index (κ2) is 3.97. The Balaban J connectivity index is 1.63. The number of rotatable bonds is 3. The van der Waals surface area contributed by atoms with Crippen molar-refractivity contribution in [3.05, 3.63) is 0 Å². The van der Waals surface area contributed by atoms with Crippen LogP contribution in [-0.2, 0) is 0 Å². The fourth-order valence-electron chi connectivity index (χ4n) is 2.40. The average Bonchev–Trinajstić information content (AvgIpc) is 2.46. The molecule has 2 aliphatic rings. The zero-order valence-corrected chi connectivity index (χ0v) is 8.92. The minimum absolute atomic E-state index is 0.799. The second-order valence-electron chi connectivity index (χ2n) is 5.02. The predicted molar refractivity (Wildman–Crippen MR) is 55.8 cm³/mol. The molecule has 0 aliphatic carbocycles. The van der Waals surface area contributed by atoms with Gasteiger partial charge in [0.2, 0.25) is 0 Å². The lowest BCUT2D eigenvalue weighted by Crippen LogP contribution is -2.52. The van der Waals surface area contributed by atoms with Crippen LogP contribution in [0.15, 0.2) is 0 Å². The molecule has 2 heteroatoms. The van der Waals surface area contributed by atoms with Gasteiger partial charge in [0.1, 0.15) is 0 Å². The average molecular weight is 182 g/mol. The van der Waals surface area contributed by atoms with E-state index in [4.69, 9.17) is 0 Å². The van der Waals surface area contributed by atoms with Gasteiger partial charge in [0.05, 0.1) is 0 Å². The molecule has 0 aromatic heterocycles. The second-order valence-corrected chi connectivity index (χ2v) is 5.02. The van der Waals surface area contributed by atoms with Crippen molar-refractivity contribution < 1.29 is 0 Å². The third-order valence-corrected chi connectivity index (χ3v) is 3.57. The molecule has 0 saturated carbocycles. The van der Waals surface area contributed by atoms with Crippen LogP contribution in [0.25, 0.3) is 0 Å². The van der Waals surface area contributed by atoms with Crippen molar-refractivity contribution in [2.75, 3.05) is 26.2 Å². The molecular weight excluding hydrogens is 160 g/mol.